The molecule has 190 valence electrons. The van der Waals surface area contributed by atoms with E-state index in [1.165, 1.54) is 47.2 Å². The third kappa shape index (κ3) is 3.97. The van der Waals surface area contributed by atoms with E-state index < -0.39 is 24.9 Å². The number of amides is 1. The zero-order chi connectivity index (χ0) is 25.7. The number of H-pyrrole nitrogens is 1. The van der Waals surface area contributed by atoms with Crippen LogP contribution in [0.15, 0.2) is 47.5 Å². The quantitative estimate of drug-likeness (QED) is 0.366. The van der Waals surface area contributed by atoms with Crippen LogP contribution in [0, 0.1) is 0 Å². The van der Waals surface area contributed by atoms with Crippen molar-refractivity contribution < 1.29 is 27.1 Å². The van der Waals surface area contributed by atoms with Gasteiger partial charge in [-0.25, -0.2) is 18.6 Å². The lowest BCUT2D eigenvalue weighted by Gasteiger charge is -2.32. The first kappa shape index (κ1) is 22.8. The molecule has 1 aliphatic heterocycles. The molecule has 0 radical (unpaired) electrons. The number of halogens is 3. The van der Waals surface area contributed by atoms with Crippen molar-refractivity contribution in [3.63, 3.8) is 0 Å². The van der Waals surface area contributed by atoms with Crippen LogP contribution >= 0.6 is 0 Å². The van der Waals surface area contributed by atoms with E-state index in [2.05, 4.69) is 35.1 Å². The van der Waals surface area contributed by atoms with Gasteiger partial charge in [-0.3, -0.25) is 4.79 Å². The highest BCUT2D eigenvalue weighted by molar-refractivity contribution is 5.90. The summed E-state index contributed by atoms with van der Waals surface area (Å²) in [5, 5.41) is 16.2. The van der Waals surface area contributed by atoms with E-state index in [0.29, 0.717) is 28.9 Å². The summed E-state index contributed by atoms with van der Waals surface area (Å²) in [4.78, 5) is 22.5. The number of carbonyl (C=O) groups excluding carboxylic acids is 1. The minimum atomic E-state index is -3.01. The maximum atomic E-state index is 13.6. The minimum absolute atomic E-state index is 0.00536. The molecule has 1 amide bonds. The molecule has 0 bridgehead atoms. The highest BCUT2D eigenvalue weighted by atomic mass is 19.3. The van der Waals surface area contributed by atoms with E-state index >= 15 is 0 Å². The van der Waals surface area contributed by atoms with Crippen molar-refractivity contribution in [3.05, 3.63) is 66.1 Å². The van der Waals surface area contributed by atoms with Crippen LogP contribution in [0.3, 0.4) is 0 Å². The van der Waals surface area contributed by atoms with Crippen LogP contribution in [0.1, 0.15) is 47.0 Å². The Hall–Kier alpha value is -4.69. The Labute approximate surface area is 205 Å². The molecule has 1 aliphatic rings. The second-order valence-electron chi connectivity index (χ2n) is 8.26. The third-order valence-corrected chi connectivity index (χ3v) is 5.98. The molecule has 1 N–H and O–H groups in total. The van der Waals surface area contributed by atoms with Gasteiger partial charge in [0.1, 0.15) is 11.6 Å². The third-order valence-electron chi connectivity index (χ3n) is 5.98. The van der Waals surface area contributed by atoms with Crippen molar-refractivity contribution in [1.29, 1.82) is 0 Å². The number of ether oxygens (including phenoxy) is 1. The number of carbonyl (C=O) groups is 1. The second-order valence-corrected chi connectivity index (χ2v) is 8.26. The van der Waals surface area contributed by atoms with E-state index in [1.54, 1.807) is 12.3 Å². The summed E-state index contributed by atoms with van der Waals surface area (Å²) in [6, 6.07) is 3.73. The van der Waals surface area contributed by atoms with Crippen LogP contribution in [0.5, 0.6) is 5.75 Å². The lowest BCUT2D eigenvalue weighted by Crippen LogP contribution is -2.41. The molecule has 0 saturated carbocycles. The van der Waals surface area contributed by atoms with Crippen LogP contribution in [-0.2, 0) is 6.42 Å². The van der Waals surface area contributed by atoms with Crippen molar-refractivity contribution in [2.75, 3.05) is 6.54 Å². The molecule has 2 atom stereocenters. The number of fused-ring (bicyclic) bond motifs is 2. The van der Waals surface area contributed by atoms with Gasteiger partial charge in [-0.1, -0.05) is 0 Å². The van der Waals surface area contributed by atoms with E-state index in [1.807, 2.05) is 0 Å². The van der Waals surface area contributed by atoms with Gasteiger partial charge in [0.15, 0.2) is 12.0 Å². The normalized spacial score (nSPS) is 16.4. The van der Waals surface area contributed by atoms with Gasteiger partial charge in [-0.15, -0.1) is 10.2 Å². The predicted molar refractivity (Wildman–Crippen MR) is 118 cm³/mol. The first-order chi connectivity index (χ1) is 17.9. The van der Waals surface area contributed by atoms with Crippen LogP contribution in [0.4, 0.5) is 13.2 Å². The number of aromatic nitrogens is 8. The monoisotopic (exact) mass is 513 g/mol. The van der Waals surface area contributed by atoms with Crippen LogP contribution in [0.2, 0.25) is 0 Å². The summed E-state index contributed by atoms with van der Waals surface area (Å²) in [5.74, 6) is -0.919. The van der Waals surface area contributed by atoms with Gasteiger partial charge in [0, 0.05) is 31.1 Å². The largest absolute Gasteiger partial charge is 0.433 e. The molecule has 15 heteroatoms. The van der Waals surface area contributed by atoms with Gasteiger partial charge in [0.2, 0.25) is 0 Å². The van der Waals surface area contributed by atoms with Crippen LogP contribution < -0.4 is 4.74 Å². The van der Waals surface area contributed by atoms with Crippen molar-refractivity contribution in [1.82, 2.24) is 44.5 Å². The van der Waals surface area contributed by atoms with Crippen LogP contribution in [0.25, 0.3) is 17.0 Å². The average molecular weight is 513 g/mol. The number of nitrogens with one attached hydrogen (secondary N) is 1. The number of pyridine rings is 1. The maximum Gasteiger partial charge on any atom is 0.387 e. The molecule has 0 fully saturated rings. The molecule has 1 unspecified atom stereocenters. The Balaban J connectivity index is 1.37. The number of rotatable bonds is 6. The SMILES string of the molecule is CC(F)n1cc(-c2nnc(C(=O)N3CCc4[nH]cnc4[C@H]3c3cc4c(OC(F)F)cccn4n3)o2)cn1. The topological polar surface area (TPSA) is 132 Å². The Morgan fingerprint density at radius 3 is 2.95 bits per heavy atom. The van der Waals surface area contributed by atoms with Crippen molar-refractivity contribution in [2.24, 2.45) is 0 Å². The first-order valence-electron chi connectivity index (χ1n) is 11.2. The highest BCUT2D eigenvalue weighted by Gasteiger charge is 2.38. The summed E-state index contributed by atoms with van der Waals surface area (Å²) >= 11 is 0. The molecular weight excluding hydrogens is 495 g/mol. The first-order valence-corrected chi connectivity index (χ1v) is 11.2. The number of hydrogen-bond acceptors (Lipinski definition) is 8. The standard InChI is InChI=1S/C22H18F3N9O3/c1-11(23)34-9-12(8-28-34)19-29-30-20(37-19)21(35)32-6-4-13-17(27-10-26-13)18(32)14-7-15-16(36-22(24)25)3-2-5-33(15)31-14/h2-3,5,7-11,18,22H,4,6H2,1H3,(H,26,27)/t11?,18-/m1/s1. The van der Waals surface area contributed by atoms with E-state index in [0.717, 1.165) is 10.4 Å². The minimum Gasteiger partial charge on any atom is -0.433 e. The Bertz CT molecular complexity index is 1590. The van der Waals surface area contributed by atoms with Crippen molar-refractivity contribution >= 4 is 11.4 Å². The molecule has 5 aromatic rings. The highest BCUT2D eigenvalue weighted by Crippen LogP contribution is 2.35. The summed E-state index contributed by atoms with van der Waals surface area (Å²) in [6.07, 6.45) is 4.97. The molecule has 0 spiro atoms. The molecule has 5 aromatic heterocycles. The van der Waals surface area contributed by atoms with Gasteiger partial charge in [-0.2, -0.15) is 19.0 Å². The van der Waals surface area contributed by atoms with Gasteiger partial charge in [-0.05, 0) is 25.1 Å². The number of aromatic amines is 1. The van der Waals surface area contributed by atoms with Gasteiger partial charge in [0.25, 0.3) is 5.89 Å². The summed E-state index contributed by atoms with van der Waals surface area (Å²) in [5.41, 5.74) is 2.40. The molecule has 37 heavy (non-hydrogen) atoms. The van der Waals surface area contributed by atoms with Gasteiger partial charge >= 0.3 is 18.4 Å². The fraction of sp³-hybridized carbons (Fsp3) is 0.273. The smallest absolute Gasteiger partial charge is 0.387 e. The number of nitrogens with zero attached hydrogens (tertiary/aromatic N) is 8. The lowest BCUT2D eigenvalue weighted by molar-refractivity contribution is -0.0490. The van der Waals surface area contributed by atoms with Crippen LogP contribution in [-0.4, -0.2) is 63.5 Å². The fourth-order valence-electron chi connectivity index (χ4n) is 4.32. The molecule has 0 saturated heterocycles. The summed E-state index contributed by atoms with van der Waals surface area (Å²) in [6.45, 7) is -1.43. The summed E-state index contributed by atoms with van der Waals surface area (Å²) < 4.78 is 52.1. The summed E-state index contributed by atoms with van der Waals surface area (Å²) in [7, 11) is 0. The Morgan fingerprint density at radius 1 is 1.30 bits per heavy atom. The molecule has 12 nitrogen and oxygen atoms in total. The van der Waals surface area contributed by atoms with E-state index in [4.69, 9.17) is 4.42 Å². The molecular formula is C22H18F3N9O3. The predicted octanol–water partition coefficient (Wildman–Crippen LogP) is 3.18. The molecule has 6 rings (SSSR count). The molecule has 6 heterocycles. The van der Waals surface area contributed by atoms with Crippen molar-refractivity contribution in [2.45, 2.75) is 32.3 Å². The number of hydrogen-bond donors (Lipinski definition) is 1. The zero-order valence-corrected chi connectivity index (χ0v) is 19.1. The molecule has 0 aliphatic carbocycles. The average Bonchev–Trinajstić information content (AvgIpc) is 3.67. The van der Waals surface area contributed by atoms with E-state index in [-0.39, 0.29) is 24.1 Å². The van der Waals surface area contributed by atoms with Gasteiger partial charge < -0.3 is 19.0 Å². The lowest BCUT2D eigenvalue weighted by atomic mass is 9.99. The number of imidazole rings is 1. The molecule has 0 aromatic carbocycles. The van der Waals surface area contributed by atoms with Gasteiger partial charge in [0.05, 0.1) is 29.5 Å². The van der Waals surface area contributed by atoms with E-state index in [9.17, 15) is 18.0 Å². The van der Waals surface area contributed by atoms with Crippen molar-refractivity contribution in [3.8, 4) is 17.2 Å². The Morgan fingerprint density at radius 2 is 2.16 bits per heavy atom. The second kappa shape index (κ2) is 8.76. The Kier molecular flexibility index (Phi) is 5.39. The fourth-order valence-corrected chi connectivity index (χ4v) is 4.32. The zero-order valence-electron chi connectivity index (χ0n) is 19.1. The maximum absolute atomic E-state index is 13.6. The number of alkyl halides is 3.